The molecule has 1 rings (SSSR count). The molecule has 8 heavy (non-hydrogen) atoms. The number of hydrogen-bond donors (Lipinski definition) is 0. The molecular weight excluding hydrogens is 101 g/mol. The molecule has 0 unspecified atom stereocenters. The van der Waals surface area contributed by atoms with Crippen molar-refractivity contribution < 1.29 is 0 Å². The standard InChI is InChI=1S/C4H7BN3/c1-7-3-6-4(5)8(7)2/h3H,1-2H3. The van der Waals surface area contributed by atoms with Crippen molar-refractivity contribution in [2.75, 3.05) is 14.1 Å². The van der Waals surface area contributed by atoms with Gasteiger partial charge < -0.3 is 0 Å². The van der Waals surface area contributed by atoms with Gasteiger partial charge >= 0.3 is 48.6 Å². The van der Waals surface area contributed by atoms with Gasteiger partial charge in [-0.25, -0.2) is 0 Å². The van der Waals surface area contributed by atoms with Crippen LogP contribution in [-0.4, -0.2) is 43.7 Å². The van der Waals surface area contributed by atoms with E-state index in [1.54, 1.807) is 16.4 Å². The van der Waals surface area contributed by atoms with Gasteiger partial charge in [-0.15, -0.1) is 0 Å². The Morgan fingerprint density at radius 3 is 2.38 bits per heavy atom. The summed E-state index contributed by atoms with van der Waals surface area (Å²) in [5, 5.41) is 3.55. The second-order valence-corrected chi connectivity index (χ2v) is 1.70. The average molecular weight is 108 g/mol. The Morgan fingerprint density at radius 2 is 2.25 bits per heavy atom. The van der Waals surface area contributed by atoms with Gasteiger partial charge in [0, 0.05) is 0 Å². The Labute approximate surface area is 49.7 Å². The van der Waals surface area contributed by atoms with E-state index >= 15 is 0 Å². The molecule has 1 aliphatic rings. The molecule has 1 heterocycles. The van der Waals surface area contributed by atoms with Gasteiger partial charge in [0.25, 0.3) is 0 Å². The Balaban J connectivity index is 2.69. The third-order valence-electron chi connectivity index (χ3n) is 1.16. The van der Waals surface area contributed by atoms with Crippen LogP contribution >= 0.6 is 0 Å². The van der Waals surface area contributed by atoms with E-state index in [-0.39, 0.29) is 0 Å². The van der Waals surface area contributed by atoms with E-state index < -0.39 is 0 Å². The first kappa shape index (κ1) is 5.34. The molecule has 1 aliphatic heterocycles. The molecule has 0 aromatic heterocycles. The number of aliphatic imine (C=N–C) groups is 1. The minimum atomic E-state index is 0.535. The minimum absolute atomic E-state index is 0.535. The number of hydrogen-bond acceptors (Lipinski definition) is 3. The van der Waals surface area contributed by atoms with Gasteiger partial charge in [-0.3, -0.25) is 0 Å². The summed E-state index contributed by atoms with van der Waals surface area (Å²) in [6, 6.07) is 0. The SMILES string of the molecule is [B]=C1N=CN(C)N1C. The van der Waals surface area contributed by atoms with Crippen molar-refractivity contribution in [1.29, 1.82) is 0 Å². The summed E-state index contributed by atoms with van der Waals surface area (Å²) in [6.07, 6.45) is 1.66. The molecule has 0 fully saturated rings. The van der Waals surface area contributed by atoms with E-state index in [2.05, 4.69) is 4.99 Å². The van der Waals surface area contributed by atoms with Crippen LogP contribution in [0.25, 0.3) is 0 Å². The first-order valence-electron chi connectivity index (χ1n) is 2.35. The summed E-state index contributed by atoms with van der Waals surface area (Å²) in [6.45, 7) is 0. The van der Waals surface area contributed by atoms with Gasteiger partial charge in [0.2, 0.25) is 0 Å². The fourth-order valence-corrected chi connectivity index (χ4v) is 0.465. The van der Waals surface area contributed by atoms with Crippen LogP contribution in [0, 0.1) is 0 Å². The van der Waals surface area contributed by atoms with Crippen LogP contribution in [0.1, 0.15) is 0 Å². The summed E-state index contributed by atoms with van der Waals surface area (Å²) >= 11 is 0. The van der Waals surface area contributed by atoms with E-state index in [0.717, 1.165) is 0 Å². The summed E-state index contributed by atoms with van der Waals surface area (Å²) in [7, 11) is 9.10. The third-order valence-corrected chi connectivity index (χ3v) is 1.16. The average Bonchev–Trinajstić information content (AvgIpc) is 1.98. The monoisotopic (exact) mass is 108 g/mol. The first-order chi connectivity index (χ1) is 3.72. The Hall–Kier alpha value is -0.795. The zero-order valence-corrected chi connectivity index (χ0v) is 5.00. The quantitative estimate of drug-likeness (QED) is 0.373. The molecule has 0 saturated heterocycles. The Kier molecular flexibility index (Phi) is 1.08. The van der Waals surface area contributed by atoms with Crippen LogP contribution in [-0.2, 0) is 0 Å². The second-order valence-electron chi connectivity index (χ2n) is 1.70. The summed E-state index contributed by atoms with van der Waals surface area (Å²) in [5.41, 5.74) is 0.535. The van der Waals surface area contributed by atoms with Crippen molar-refractivity contribution in [3.8, 4) is 0 Å². The summed E-state index contributed by atoms with van der Waals surface area (Å²) in [4.78, 5) is 3.82. The van der Waals surface area contributed by atoms with Crippen molar-refractivity contribution in [1.82, 2.24) is 10.0 Å². The van der Waals surface area contributed by atoms with Crippen molar-refractivity contribution in [2.45, 2.75) is 0 Å². The summed E-state index contributed by atoms with van der Waals surface area (Å²) < 4.78 is 0. The zero-order chi connectivity index (χ0) is 6.15. The molecule has 1 radical (unpaired) electrons. The van der Waals surface area contributed by atoms with Crippen LogP contribution in [0.5, 0.6) is 0 Å². The molecule has 0 saturated carbocycles. The first-order valence-corrected chi connectivity index (χ1v) is 2.35. The molecule has 0 amide bonds. The van der Waals surface area contributed by atoms with Crippen molar-refractivity contribution >= 4 is 19.5 Å². The number of rotatable bonds is 0. The predicted molar refractivity (Wildman–Crippen MR) is 34.8 cm³/mol. The van der Waals surface area contributed by atoms with Crippen molar-refractivity contribution in [3.63, 3.8) is 0 Å². The molecule has 0 aliphatic carbocycles. The normalized spacial score (nSPS) is 18.4. The molecule has 0 bridgehead atoms. The Bertz CT molecular complexity index is 142. The molecule has 0 N–H and O–H groups in total. The van der Waals surface area contributed by atoms with Gasteiger partial charge in [0.1, 0.15) is 0 Å². The third kappa shape index (κ3) is 0.618. The van der Waals surface area contributed by atoms with E-state index in [0.29, 0.717) is 5.71 Å². The second kappa shape index (κ2) is 1.61. The molecule has 4 heteroatoms. The van der Waals surface area contributed by atoms with Crippen LogP contribution in [0.4, 0.5) is 0 Å². The molecule has 0 spiro atoms. The topological polar surface area (TPSA) is 18.8 Å². The van der Waals surface area contributed by atoms with Gasteiger partial charge in [0.15, 0.2) is 0 Å². The number of nitrogens with zero attached hydrogens (tertiary/aromatic N) is 3. The van der Waals surface area contributed by atoms with E-state index in [4.69, 9.17) is 7.49 Å². The van der Waals surface area contributed by atoms with Crippen molar-refractivity contribution in [3.05, 3.63) is 0 Å². The molecule has 0 aromatic rings. The molecule has 41 valence electrons. The van der Waals surface area contributed by atoms with E-state index in [1.165, 1.54) is 0 Å². The van der Waals surface area contributed by atoms with Gasteiger partial charge in [0.05, 0.1) is 0 Å². The maximum absolute atomic E-state index is 5.37. The molecule has 0 atom stereocenters. The Morgan fingerprint density at radius 1 is 1.62 bits per heavy atom. The van der Waals surface area contributed by atoms with E-state index in [1.807, 2.05) is 14.1 Å². The zero-order valence-electron chi connectivity index (χ0n) is 5.00. The predicted octanol–water partition coefficient (Wildman–Crippen LogP) is -0.937. The fraction of sp³-hybridized carbons (Fsp3) is 0.500. The van der Waals surface area contributed by atoms with Crippen LogP contribution < -0.4 is 0 Å². The number of hydrazine groups is 1. The van der Waals surface area contributed by atoms with E-state index in [9.17, 15) is 0 Å². The van der Waals surface area contributed by atoms with Crippen molar-refractivity contribution in [2.24, 2.45) is 4.99 Å². The van der Waals surface area contributed by atoms with Gasteiger partial charge in [-0.05, 0) is 0 Å². The fourth-order valence-electron chi connectivity index (χ4n) is 0.465. The van der Waals surface area contributed by atoms with Gasteiger partial charge in [-0.2, -0.15) is 0 Å². The maximum atomic E-state index is 5.37. The van der Waals surface area contributed by atoms with Crippen LogP contribution in [0.15, 0.2) is 4.99 Å². The molecular formula is C4H7BN3. The molecule has 0 aromatic carbocycles. The summed E-state index contributed by atoms with van der Waals surface area (Å²) in [5.74, 6) is 0. The van der Waals surface area contributed by atoms with Crippen LogP contribution in [0.2, 0.25) is 0 Å². The van der Waals surface area contributed by atoms with Gasteiger partial charge in [-0.1, -0.05) is 0 Å². The molecule has 3 nitrogen and oxygen atoms in total. The van der Waals surface area contributed by atoms with Crippen LogP contribution in [0.3, 0.4) is 0 Å².